The zero-order chi connectivity index (χ0) is 22.0. The van der Waals surface area contributed by atoms with Crippen LogP contribution in [0, 0.1) is 5.92 Å². The van der Waals surface area contributed by atoms with Crippen molar-refractivity contribution in [3.8, 4) is 5.75 Å². The highest BCUT2D eigenvalue weighted by atomic mass is 16.6. The molecule has 0 aliphatic heterocycles. The molecule has 1 N–H and O–H groups in total. The Morgan fingerprint density at radius 1 is 1.10 bits per heavy atom. The van der Waals surface area contributed by atoms with Gasteiger partial charge in [-0.3, -0.25) is 0 Å². The lowest BCUT2D eigenvalue weighted by atomic mass is 9.90. The minimum atomic E-state index is -0.929. The van der Waals surface area contributed by atoms with E-state index in [0.717, 1.165) is 24.2 Å². The van der Waals surface area contributed by atoms with E-state index in [4.69, 9.17) is 18.9 Å². The van der Waals surface area contributed by atoms with E-state index in [0.29, 0.717) is 12.5 Å². The number of benzene rings is 1. The normalized spacial score (nSPS) is 15.9. The maximum absolute atomic E-state index is 12.6. The molecule has 0 bridgehead atoms. The van der Waals surface area contributed by atoms with Crippen molar-refractivity contribution in [2.45, 2.75) is 71.1 Å². The molecular formula is C23H35NO6. The number of hydrogen-bond donors (Lipinski definition) is 1. The third kappa shape index (κ3) is 9.03. The van der Waals surface area contributed by atoms with Crippen molar-refractivity contribution in [3.63, 3.8) is 0 Å². The van der Waals surface area contributed by atoms with Crippen LogP contribution in [0.3, 0.4) is 0 Å². The van der Waals surface area contributed by atoms with Crippen molar-refractivity contribution in [1.29, 1.82) is 0 Å². The maximum atomic E-state index is 12.6. The van der Waals surface area contributed by atoms with Gasteiger partial charge in [-0.25, -0.2) is 9.59 Å². The molecule has 0 heterocycles. The summed E-state index contributed by atoms with van der Waals surface area (Å²) in [5.74, 6) is 0.683. The lowest BCUT2D eigenvalue weighted by Crippen LogP contribution is -2.47. The molecule has 30 heavy (non-hydrogen) atoms. The summed E-state index contributed by atoms with van der Waals surface area (Å²) in [5.41, 5.74) is 0.160. The average Bonchev–Trinajstić information content (AvgIpc) is 2.71. The Hall–Kier alpha value is -2.28. The molecule has 0 aromatic heterocycles. The monoisotopic (exact) mass is 421 g/mol. The molecule has 1 aliphatic carbocycles. The number of rotatable bonds is 9. The molecule has 1 saturated carbocycles. The Bertz CT molecular complexity index is 661. The van der Waals surface area contributed by atoms with E-state index in [-0.39, 0.29) is 13.2 Å². The highest BCUT2D eigenvalue weighted by molar-refractivity contribution is 5.81. The van der Waals surface area contributed by atoms with E-state index in [1.165, 1.54) is 19.3 Å². The lowest BCUT2D eigenvalue weighted by Gasteiger charge is -2.24. The molecular weight excluding hydrogens is 386 g/mol. The van der Waals surface area contributed by atoms with Crippen molar-refractivity contribution in [2.24, 2.45) is 5.92 Å². The third-order valence-electron chi connectivity index (χ3n) is 4.88. The van der Waals surface area contributed by atoms with Gasteiger partial charge in [0, 0.05) is 6.61 Å². The van der Waals surface area contributed by atoms with Gasteiger partial charge in [0.25, 0.3) is 0 Å². The van der Waals surface area contributed by atoms with Gasteiger partial charge < -0.3 is 24.3 Å². The van der Waals surface area contributed by atoms with Crippen LogP contribution in [0.4, 0.5) is 4.79 Å². The van der Waals surface area contributed by atoms with E-state index in [1.54, 1.807) is 40.0 Å². The maximum Gasteiger partial charge on any atom is 0.408 e. The number of alkyl carbamates (subject to hydrolysis) is 1. The summed E-state index contributed by atoms with van der Waals surface area (Å²) in [6.07, 6.45) is 5.33. The summed E-state index contributed by atoms with van der Waals surface area (Å²) in [4.78, 5) is 24.8. The Balaban J connectivity index is 1.89. The van der Waals surface area contributed by atoms with Crippen molar-refractivity contribution in [2.75, 3.05) is 20.3 Å². The van der Waals surface area contributed by atoms with Crippen LogP contribution in [-0.2, 0) is 25.6 Å². The summed E-state index contributed by atoms with van der Waals surface area (Å²) < 4.78 is 21.6. The fraction of sp³-hybridized carbons (Fsp3) is 0.652. The second kappa shape index (κ2) is 11.8. The van der Waals surface area contributed by atoms with Gasteiger partial charge in [-0.1, -0.05) is 31.4 Å². The van der Waals surface area contributed by atoms with Gasteiger partial charge in [-0.15, -0.1) is 0 Å². The number of esters is 1. The van der Waals surface area contributed by atoms with Crippen LogP contribution in [0.1, 0.15) is 58.4 Å². The number of ether oxygens (including phenoxy) is 4. The first-order chi connectivity index (χ1) is 14.3. The van der Waals surface area contributed by atoms with E-state index in [1.807, 2.05) is 12.1 Å². The van der Waals surface area contributed by atoms with Gasteiger partial charge in [0.05, 0.1) is 13.7 Å². The van der Waals surface area contributed by atoms with E-state index in [9.17, 15) is 9.59 Å². The first-order valence-electron chi connectivity index (χ1n) is 10.6. The average molecular weight is 422 g/mol. The Labute approximate surface area is 179 Å². The highest BCUT2D eigenvalue weighted by Crippen LogP contribution is 2.23. The standard InChI is InChI=1S/C23H35NO6/c1-23(2,3)30-22(26)24-20(16-28-14-17-8-6-5-7-9-17)21(25)29-15-18-10-12-19(27-4)13-11-18/h10-13,17,20H,5-9,14-16H2,1-4H3,(H,24,26)/t20-/m1/s1. The SMILES string of the molecule is COc1ccc(COC(=O)[C@@H](COCC2CCCCC2)NC(=O)OC(C)(C)C)cc1. The van der Waals surface area contributed by atoms with Gasteiger partial charge in [-0.2, -0.15) is 0 Å². The molecule has 1 aliphatic rings. The molecule has 1 fully saturated rings. The Morgan fingerprint density at radius 3 is 2.37 bits per heavy atom. The second-order valence-corrected chi connectivity index (χ2v) is 8.70. The molecule has 0 unspecified atom stereocenters. The highest BCUT2D eigenvalue weighted by Gasteiger charge is 2.26. The molecule has 7 nitrogen and oxygen atoms in total. The summed E-state index contributed by atoms with van der Waals surface area (Å²) in [5, 5.41) is 2.58. The van der Waals surface area contributed by atoms with Gasteiger partial charge >= 0.3 is 12.1 Å². The number of carbonyl (C=O) groups is 2. The summed E-state index contributed by atoms with van der Waals surface area (Å²) in [6, 6.07) is 6.31. The molecule has 7 heteroatoms. The molecule has 0 spiro atoms. The lowest BCUT2D eigenvalue weighted by molar-refractivity contribution is -0.149. The summed E-state index contributed by atoms with van der Waals surface area (Å²) in [7, 11) is 1.59. The molecule has 0 saturated heterocycles. The quantitative estimate of drug-likeness (QED) is 0.601. The third-order valence-corrected chi connectivity index (χ3v) is 4.88. The van der Waals surface area contributed by atoms with Crippen LogP contribution >= 0.6 is 0 Å². The van der Waals surface area contributed by atoms with Crippen LogP contribution in [0.15, 0.2) is 24.3 Å². The Kier molecular flexibility index (Phi) is 9.43. The predicted molar refractivity (Wildman–Crippen MR) is 113 cm³/mol. The van der Waals surface area contributed by atoms with Crippen LogP contribution in [0.25, 0.3) is 0 Å². The van der Waals surface area contributed by atoms with E-state index in [2.05, 4.69) is 5.32 Å². The van der Waals surface area contributed by atoms with E-state index < -0.39 is 23.7 Å². The number of carbonyl (C=O) groups excluding carboxylic acids is 2. The molecule has 1 amide bonds. The largest absolute Gasteiger partial charge is 0.497 e. The van der Waals surface area contributed by atoms with E-state index >= 15 is 0 Å². The van der Waals surface area contributed by atoms with Crippen molar-refractivity contribution < 1.29 is 28.5 Å². The summed E-state index contributed by atoms with van der Waals surface area (Å²) >= 11 is 0. The van der Waals surface area contributed by atoms with Crippen molar-refractivity contribution in [1.82, 2.24) is 5.32 Å². The number of hydrogen-bond acceptors (Lipinski definition) is 6. The Morgan fingerprint density at radius 2 is 1.77 bits per heavy atom. The van der Waals surface area contributed by atoms with Crippen molar-refractivity contribution >= 4 is 12.1 Å². The van der Waals surface area contributed by atoms with Gasteiger partial charge in [0.15, 0.2) is 6.04 Å². The first kappa shape index (κ1) is 24.0. The van der Waals surface area contributed by atoms with Gasteiger partial charge in [-0.05, 0) is 57.2 Å². The number of amides is 1. The topological polar surface area (TPSA) is 83.1 Å². The number of methoxy groups -OCH3 is 1. The van der Waals surface area contributed by atoms with Crippen molar-refractivity contribution in [3.05, 3.63) is 29.8 Å². The molecule has 1 aromatic rings. The molecule has 1 atom stereocenters. The van der Waals surface area contributed by atoms with Gasteiger partial charge in [0.1, 0.15) is 18.0 Å². The minimum Gasteiger partial charge on any atom is -0.497 e. The molecule has 168 valence electrons. The fourth-order valence-electron chi connectivity index (χ4n) is 3.30. The molecule has 2 rings (SSSR count). The predicted octanol–water partition coefficient (Wildman–Crippen LogP) is 4.23. The minimum absolute atomic E-state index is 0.0528. The molecule has 1 aromatic carbocycles. The second-order valence-electron chi connectivity index (χ2n) is 8.70. The van der Waals surface area contributed by atoms with Gasteiger partial charge in [0.2, 0.25) is 0 Å². The number of nitrogens with one attached hydrogen (secondary N) is 1. The zero-order valence-electron chi connectivity index (χ0n) is 18.6. The van der Waals surface area contributed by atoms with Crippen LogP contribution in [0.5, 0.6) is 5.75 Å². The van der Waals surface area contributed by atoms with Crippen LogP contribution < -0.4 is 10.1 Å². The zero-order valence-corrected chi connectivity index (χ0v) is 18.6. The summed E-state index contributed by atoms with van der Waals surface area (Å²) in [6.45, 7) is 6.03. The first-order valence-corrected chi connectivity index (χ1v) is 10.6. The van der Waals surface area contributed by atoms with Crippen LogP contribution in [-0.4, -0.2) is 44.0 Å². The smallest absolute Gasteiger partial charge is 0.408 e. The van der Waals surface area contributed by atoms with Crippen LogP contribution in [0.2, 0.25) is 0 Å². The fourth-order valence-corrected chi connectivity index (χ4v) is 3.30. The molecule has 0 radical (unpaired) electrons.